The zero-order valence-corrected chi connectivity index (χ0v) is 10.7. The van der Waals surface area contributed by atoms with Gasteiger partial charge in [-0.05, 0) is 42.8 Å². The van der Waals surface area contributed by atoms with E-state index in [2.05, 4.69) is 0 Å². The van der Waals surface area contributed by atoms with E-state index in [0.717, 1.165) is 23.5 Å². The number of hydrogen-bond acceptors (Lipinski definition) is 3. The van der Waals surface area contributed by atoms with Gasteiger partial charge in [0, 0.05) is 10.6 Å². The first-order valence-corrected chi connectivity index (χ1v) is 6.18. The fourth-order valence-electron chi connectivity index (χ4n) is 1.64. The fourth-order valence-corrected chi connectivity index (χ4v) is 2.53. The first-order chi connectivity index (χ1) is 8.77. The number of carbonyl (C=O) groups is 1. The predicted octanol–water partition coefficient (Wildman–Crippen LogP) is 4.22. The van der Waals surface area contributed by atoms with Gasteiger partial charge in [-0.1, -0.05) is 0 Å². The molecule has 2 N–H and O–H groups in total. The van der Waals surface area contributed by atoms with E-state index in [4.69, 9.17) is 5.73 Å². The second-order valence-electron chi connectivity index (χ2n) is 4.06. The molecule has 19 heavy (non-hydrogen) atoms. The Morgan fingerprint density at radius 3 is 2.42 bits per heavy atom. The Bertz CT molecular complexity index is 631. The lowest BCUT2D eigenvalue weighted by Crippen LogP contribution is -2.05. The van der Waals surface area contributed by atoms with Crippen molar-refractivity contribution in [3.8, 4) is 10.4 Å². The third-order valence-electron chi connectivity index (χ3n) is 2.52. The van der Waals surface area contributed by atoms with Gasteiger partial charge in [0.2, 0.25) is 0 Å². The molecule has 1 aromatic carbocycles. The Kier molecular flexibility index (Phi) is 3.36. The number of thiophene rings is 1. The van der Waals surface area contributed by atoms with Crippen molar-refractivity contribution in [2.75, 3.05) is 5.73 Å². The molecule has 2 nitrogen and oxygen atoms in total. The summed E-state index contributed by atoms with van der Waals surface area (Å²) in [6.07, 6.45) is -4.44. The highest BCUT2D eigenvalue weighted by Gasteiger charge is 2.31. The first-order valence-electron chi connectivity index (χ1n) is 5.36. The summed E-state index contributed by atoms with van der Waals surface area (Å²) in [6.45, 7) is 1.41. The van der Waals surface area contributed by atoms with Crippen molar-refractivity contribution in [2.24, 2.45) is 0 Å². The smallest absolute Gasteiger partial charge is 0.399 e. The Morgan fingerprint density at radius 2 is 1.89 bits per heavy atom. The van der Waals surface area contributed by atoms with E-state index in [9.17, 15) is 18.0 Å². The van der Waals surface area contributed by atoms with E-state index in [-0.39, 0.29) is 11.5 Å². The van der Waals surface area contributed by atoms with Gasteiger partial charge in [-0.2, -0.15) is 13.2 Å². The Balaban J connectivity index is 2.50. The topological polar surface area (TPSA) is 43.1 Å². The molecule has 0 fully saturated rings. The van der Waals surface area contributed by atoms with Crippen LogP contribution < -0.4 is 5.73 Å². The number of Topliss-reactive ketones (excluding diaryl/α,β-unsaturated/α-hetero) is 1. The molecule has 0 aliphatic carbocycles. The standard InChI is InChI=1S/C13H10F3NOS/c1-7(18)11-2-3-12(19-11)8-4-9(13(14,15)16)6-10(17)5-8/h2-6H,17H2,1H3. The second kappa shape index (κ2) is 4.70. The van der Waals surface area contributed by atoms with Crippen molar-refractivity contribution in [2.45, 2.75) is 13.1 Å². The Labute approximate surface area is 111 Å². The average molecular weight is 285 g/mol. The van der Waals surface area contributed by atoms with E-state index < -0.39 is 11.7 Å². The lowest BCUT2D eigenvalue weighted by Gasteiger charge is -2.09. The van der Waals surface area contributed by atoms with Gasteiger partial charge in [-0.3, -0.25) is 4.79 Å². The zero-order chi connectivity index (χ0) is 14.2. The number of carbonyl (C=O) groups excluding carboxylic acids is 1. The van der Waals surface area contributed by atoms with Crippen molar-refractivity contribution in [3.63, 3.8) is 0 Å². The lowest BCUT2D eigenvalue weighted by atomic mass is 10.1. The van der Waals surface area contributed by atoms with Crippen LogP contribution in [0.5, 0.6) is 0 Å². The van der Waals surface area contributed by atoms with Gasteiger partial charge in [0.05, 0.1) is 10.4 Å². The number of nitrogen functional groups attached to an aromatic ring is 1. The van der Waals surface area contributed by atoms with Crippen LogP contribution in [0.1, 0.15) is 22.2 Å². The summed E-state index contributed by atoms with van der Waals surface area (Å²) in [5, 5.41) is 0. The van der Waals surface area contributed by atoms with Crippen molar-refractivity contribution in [1.29, 1.82) is 0 Å². The molecule has 100 valence electrons. The van der Waals surface area contributed by atoms with E-state index in [1.54, 1.807) is 12.1 Å². The van der Waals surface area contributed by atoms with E-state index >= 15 is 0 Å². The third-order valence-corrected chi connectivity index (χ3v) is 3.76. The molecule has 0 radical (unpaired) electrons. The third kappa shape index (κ3) is 2.96. The number of anilines is 1. The van der Waals surface area contributed by atoms with Gasteiger partial charge in [0.1, 0.15) is 0 Å². The quantitative estimate of drug-likeness (QED) is 0.663. The molecular formula is C13H10F3NOS. The van der Waals surface area contributed by atoms with Crippen LogP contribution in [-0.4, -0.2) is 5.78 Å². The van der Waals surface area contributed by atoms with Gasteiger partial charge in [-0.15, -0.1) is 11.3 Å². The van der Waals surface area contributed by atoms with Crippen LogP contribution in [0.15, 0.2) is 30.3 Å². The number of benzene rings is 1. The van der Waals surface area contributed by atoms with Crippen LogP contribution in [0.25, 0.3) is 10.4 Å². The minimum absolute atomic E-state index is 0.0441. The normalized spacial score (nSPS) is 11.6. The van der Waals surface area contributed by atoms with Crippen molar-refractivity contribution in [3.05, 3.63) is 40.8 Å². The number of nitrogens with two attached hydrogens (primary N) is 1. The highest BCUT2D eigenvalue weighted by atomic mass is 32.1. The number of rotatable bonds is 2. The molecule has 1 heterocycles. The summed E-state index contributed by atoms with van der Waals surface area (Å²) < 4.78 is 38.1. The molecule has 0 unspecified atom stereocenters. The van der Waals surface area contributed by atoms with Gasteiger partial charge >= 0.3 is 6.18 Å². The van der Waals surface area contributed by atoms with E-state index in [1.807, 2.05) is 0 Å². The number of ketones is 1. The van der Waals surface area contributed by atoms with Crippen LogP contribution in [0.3, 0.4) is 0 Å². The van der Waals surface area contributed by atoms with Gasteiger partial charge < -0.3 is 5.73 Å². The monoisotopic (exact) mass is 285 g/mol. The summed E-state index contributed by atoms with van der Waals surface area (Å²) in [5.41, 5.74) is 5.12. The van der Waals surface area contributed by atoms with Crippen molar-refractivity contribution >= 4 is 22.8 Å². The lowest BCUT2D eigenvalue weighted by molar-refractivity contribution is -0.137. The SMILES string of the molecule is CC(=O)c1ccc(-c2cc(N)cc(C(F)(F)F)c2)s1. The van der Waals surface area contributed by atoms with Crippen LogP contribution >= 0.6 is 11.3 Å². The van der Waals surface area contributed by atoms with E-state index in [0.29, 0.717) is 15.3 Å². The van der Waals surface area contributed by atoms with Crippen LogP contribution in [0.4, 0.5) is 18.9 Å². The molecule has 0 saturated heterocycles. The van der Waals surface area contributed by atoms with Gasteiger partial charge in [0.25, 0.3) is 0 Å². The minimum atomic E-state index is -4.44. The van der Waals surface area contributed by atoms with Crippen LogP contribution in [-0.2, 0) is 6.18 Å². The molecule has 1 aromatic heterocycles. The zero-order valence-electron chi connectivity index (χ0n) is 9.91. The Morgan fingerprint density at radius 1 is 1.21 bits per heavy atom. The molecule has 2 rings (SSSR count). The maximum Gasteiger partial charge on any atom is 0.416 e. The van der Waals surface area contributed by atoms with Crippen LogP contribution in [0.2, 0.25) is 0 Å². The fraction of sp³-hybridized carbons (Fsp3) is 0.154. The van der Waals surface area contributed by atoms with Crippen molar-refractivity contribution < 1.29 is 18.0 Å². The van der Waals surface area contributed by atoms with Crippen LogP contribution in [0, 0.1) is 0 Å². The molecular weight excluding hydrogens is 275 g/mol. The van der Waals surface area contributed by atoms with Gasteiger partial charge in [-0.25, -0.2) is 0 Å². The summed E-state index contributed by atoms with van der Waals surface area (Å²) in [7, 11) is 0. The molecule has 0 aliphatic rings. The summed E-state index contributed by atoms with van der Waals surface area (Å²) >= 11 is 1.15. The number of hydrogen-bond donors (Lipinski definition) is 1. The number of alkyl halides is 3. The Hall–Kier alpha value is -1.82. The first kappa shape index (κ1) is 13.6. The van der Waals surface area contributed by atoms with E-state index in [1.165, 1.54) is 13.0 Å². The van der Waals surface area contributed by atoms with Crippen molar-refractivity contribution in [1.82, 2.24) is 0 Å². The second-order valence-corrected chi connectivity index (χ2v) is 5.15. The summed E-state index contributed by atoms with van der Waals surface area (Å²) in [4.78, 5) is 12.3. The maximum absolute atomic E-state index is 12.7. The highest BCUT2D eigenvalue weighted by Crippen LogP contribution is 2.36. The average Bonchev–Trinajstić information content (AvgIpc) is 2.76. The predicted molar refractivity (Wildman–Crippen MR) is 69.2 cm³/mol. The molecule has 0 bridgehead atoms. The molecule has 0 saturated carbocycles. The largest absolute Gasteiger partial charge is 0.416 e. The highest BCUT2D eigenvalue weighted by molar-refractivity contribution is 7.17. The molecule has 6 heteroatoms. The molecule has 0 amide bonds. The molecule has 2 aromatic rings. The maximum atomic E-state index is 12.7. The minimum Gasteiger partial charge on any atom is -0.399 e. The summed E-state index contributed by atoms with van der Waals surface area (Å²) in [6, 6.07) is 6.61. The molecule has 0 atom stereocenters. The molecule has 0 aliphatic heterocycles. The summed E-state index contributed by atoms with van der Waals surface area (Å²) in [5.74, 6) is -0.115. The van der Waals surface area contributed by atoms with Gasteiger partial charge in [0.15, 0.2) is 5.78 Å². The number of halogens is 3. The molecule has 0 spiro atoms.